The minimum Gasteiger partial charge on any atom is -0.508 e. The monoisotopic (exact) mass is 498 g/mol. The SMILES string of the molecule is C[C@]12CC[C@H]3[C@@H](CC=C4NC(=O)CC[C@@]43C)[C@@H]1CC[C@@H]2C(=O)NC(c1ccccc1)c1ccc(O)cc1. The zero-order valence-corrected chi connectivity index (χ0v) is 21.9. The molecule has 2 aromatic carbocycles. The minimum atomic E-state index is -0.252. The summed E-state index contributed by atoms with van der Waals surface area (Å²) < 4.78 is 0. The third kappa shape index (κ3) is 3.98. The Morgan fingerprint density at radius 3 is 2.46 bits per heavy atom. The summed E-state index contributed by atoms with van der Waals surface area (Å²) in [4.78, 5) is 26.1. The van der Waals surface area contributed by atoms with Crippen LogP contribution in [0.4, 0.5) is 0 Å². The standard InChI is InChI=1S/C32H38N2O3/c1-31-18-16-25-23(12-15-27-32(25,2)19-17-28(36)33-27)24(31)13-14-26(31)30(37)34-29(20-6-4-3-5-7-20)21-8-10-22(35)11-9-21/h3-11,15,23-26,29,35H,12-14,16-19H2,1-2H3,(H,33,36)(H,34,37)/t23-,24-,25-,26+,29?,31-,32+/m0/s1. The number of piperidine rings is 1. The lowest BCUT2D eigenvalue weighted by Gasteiger charge is -2.57. The van der Waals surface area contributed by atoms with Crippen LogP contribution in [-0.2, 0) is 9.59 Å². The molecule has 1 aliphatic heterocycles. The van der Waals surface area contributed by atoms with Gasteiger partial charge in [-0.15, -0.1) is 0 Å². The highest BCUT2D eigenvalue weighted by Crippen LogP contribution is 2.65. The Morgan fingerprint density at radius 2 is 1.70 bits per heavy atom. The number of phenolic OH excluding ortho intramolecular Hbond substituents is 1. The molecule has 2 amide bonds. The van der Waals surface area contributed by atoms with Crippen molar-refractivity contribution in [2.75, 3.05) is 0 Å². The molecule has 1 saturated heterocycles. The molecule has 7 atom stereocenters. The number of aromatic hydroxyl groups is 1. The second-order valence-electron chi connectivity index (χ2n) is 12.3. The first-order chi connectivity index (χ1) is 17.8. The zero-order valence-electron chi connectivity index (χ0n) is 21.9. The van der Waals surface area contributed by atoms with Gasteiger partial charge in [0.2, 0.25) is 11.8 Å². The van der Waals surface area contributed by atoms with Gasteiger partial charge in [0, 0.05) is 23.5 Å². The molecule has 1 heterocycles. The van der Waals surface area contributed by atoms with Crippen LogP contribution in [0.2, 0.25) is 0 Å². The van der Waals surface area contributed by atoms with Crippen LogP contribution in [0, 0.1) is 34.5 Å². The van der Waals surface area contributed by atoms with Crippen LogP contribution in [0.1, 0.15) is 76.0 Å². The predicted molar refractivity (Wildman–Crippen MR) is 143 cm³/mol. The van der Waals surface area contributed by atoms with Gasteiger partial charge >= 0.3 is 0 Å². The van der Waals surface area contributed by atoms with E-state index in [1.165, 1.54) is 0 Å². The molecule has 0 radical (unpaired) electrons. The summed E-state index contributed by atoms with van der Waals surface area (Å²) in [5.41, 5.74) is 3.21. The molecule has 6 rings (SSSR count). The Balaban J connectivity index is 1.25. The van der Waals surface area contributed by atoms with Crippen molar-refractivity contribution in [1.82, 2.24) is 10.6 Å². The molecular formula is C32H38N2O3. The van der Waals surface area contributed by atoms with E-state index in [4.69, 9.17) is 0 Å². The summed E-state index contributed by atoms with van der Waals surface area (Å²) in [6.07, 6.45) is 9.05. The van der Waals surface area contributed by atoms with Gasteiger partial charge in [-0.1, -0.05) is 62.4 Å². The first kappa shape index (κ1) is 24.3. The Labute approximate surface area is 219 Å². The highest BCUT2D eigenvalue weighted by Gasteiger charge is 2.60. The summed E-state index contributed by atoms with van der Waals surface area (Å²) >= 11 is 0. The molecular weight excluding hydrogens is 460 g/mol. The molecule has 3 fully saturated rings. The van der Waals surface area contributed by atoms with E-state index in [1.54, 1.807) is 12.1 Å². The second kappa shape index (κ2) is 9.04. The normalized spacial score (nSPS) is 35.3. The van der Waals surface area contributed by atoms with E-state index >= 15 is 0 Å². The van der Waals surface area contributed by atoms with Crippen LogP contribution in [0.3, 0.4) is 0 Å². The van der Waals surface area contributed by atoms with Gasteiger partial charge in [-0.3, -0.25) is 9.59 Å². The maximum absolute atomic E-state index is 14.0. The first-order valence-electron chi connectivity index (χ1n) is 13.9. The van der Waals surface area contributed by atoms with Gasteiger partial charge in [0.25, 0.3) is 0 Å². The fourth-order valence-corrected chi connectivity index (χ4v) is 8.54. The summed E-state index contributed by atoms with van der Waals surface area (Å²) in [7, 11) is 0. The van der Waals surface area contributed by atoms with Crippen molar-refractivity contribution < 1.29 is 14.7 Å². The lowest BCUT2D eigenvalue weighted by atomic mass is 9.49. The van der Waals surface area contributed by atoms with Crippen molar-refractivity contribution in [1.29, 1.82) is 0 Å². The summed E-state index contributed by atoms with van der Waals surface area (Å²) in [5.74, 6) is 2.18. The van der Waals surface area contributed by atoms with Crippen molar-refractivity contribution in [2.24, 2.45) is 34.5 Å². The van der Waals surface area contributed by atoms with E-state index in [2.05, 4.69) is 42.7 Å². The number of nitrogens with one attached hydrogen (secondary N) is 2. The van der Waals surface area contributed by atoms with E-state index in [9.17, 15) is 14.7 Å². The summed E-state index contributed by atoms with van der Waals surface area (Å²) in [5, 5.41) is 16.4. The van der Waals surface area contributed by atoms with Gasteiger partial charge in [0.15, 0.2) is 0 Å². The van der Waals surface area contributed by atoms with Crippen molar-refractivity contribution >= 4 is 11.8 Å². The van der Waals surface area contributed by atoms with Gasteiger partial charge in [0.05, 0.1) is 6.04 Å². The van der Waals surface area contributed by atoms with E-state index in [0.29, 0.717) is 24.2 Å². The lowest BCUT2D eigenvalue weighted by Crippen LogP contribution is -2.54. The first-order valence-corrected chi connectivity index (χ1v) is 13.9. The van der Waals surface area contributed by atoms with Gasteiger partial charge < -0.3 is 15.7 Å². The maximum Gasteiger partial charge on any atom is 0.224 e. The topological polar surface area (TPSA) is 78.4 Å². The third-order valence-electron chi connectivity index (χ3n) is 10.6. The Bertz CT molecular complexity index is 1220. The molecule has 4 aliphatic rings. The number of benzene rings is 2. The van der Waals surface area contributed by atoms with Gasteiger partial charge in [-0.25, -0.2) is 0 Å². The van der Waals surface area contributed by atoms with Crippen LogP contribution >= 0.6 is 0 Å². The average molecular weight is 499 g/mol. The number of hydrogen-bond acceptors (Lipinski definition) is 3. The van der Waals surface area contributed by atoms with Crippen LogP contribution in [0.25, 0.3) is 0 Å². The molecule has 3 N–H and O–H groups in total. The van der Waals surface area contributed by atoms with Crippen LogP contribution < -0.4 is 10.6 Å². The minimum absolute atomic E-state index is 0.00832. The van der Waals surface area contributed by atoms with E-state index in [-0.39, 0.29) is 40.4 Å². The highest BCUT2D eigenvalue weighted by atomic mass is 16.3. The van der Waals surface area contributed by atoms with Gasteiger partial charge in [0.1, 0.15) is 5.75 Å². The Kier molecular flexibility index (Phi) is 5.93. The zero-order chi connectivity index (χ0) is 25.8. The van der Waals surface area contributed by atoms with Crippen molar-refractivity contribution in [3.8, 4) is 5.75 Å². The number of hydrogen-bond donors (Lipinski definition) is 3. The van der Waals surface area contributed by atoms with Gasteiger partial charge in [-0.05, 0) is 85.0 Å². The Hall–Kier alpha value is -3.08. The average Bonchev–Trinajstić information content (AvgIpc) is 3.26. The summed E-state index contributed by atoms with van der Waals surface area (Å²) in [6.45, 7) is 4.73. The molecule has 5 heteroatoms. The van der Waals surface area contributed by atoms with Crippen LogP contribution in [0.5, 0.6) is 5.75 Å². The Morgan fingerprint density at radius 1 is 0.973 bits per heavy atom. The van der Waals surface area contributed by atoms with Crippen molar-refractivity contribution in [3.05, 3.63) is 77.5 Å². The number of rotatable bonds is 4. The lowest BCUT2D eigenvalue weighted by molar-refractivity contribution is -0.133. The molecule has 37 heavy (non-hydrogen) atoms. The number of phenols is 1. The van der Waals surface area contributed by atoms with E-state index < -0.39 is 0 Å². The number of carbonyl (C=O) groups is 2. The van der Waals surface area contributed by atoms with Crippen LogP contribution in [0.15, 0.2) is 66.4 Å². The maximum atomic E-state index is 14.0. The molecule has 0 aromatic heterocycles. The quantitative estimate of drug-likeness (QED) is 0.494. The number of fused-ring (bicyclic) bond motifs is 5. The molecule has 194 valence electrons. The number of amides is 2. The van der Waals surface area contributed by atoms with E-state index in [1.807, 2.05) is 30.3 Å². The molecule has 1 unspecified atom stereocenters. The molecule has 5 nitrogen and oxygen atoms in total. The predicted octanol–water partition coefficient (Wildman–Crippen LogP) is 5.86. The highest BCUT2D eigenvalue weighted by molar-refractivity contribution is 5.81. The van der Waals surface area contributed by atoms with E-state index in [0.717, 1.165) is 55.3 Å². The van der Waals surface area contributed by atoms with Crippen LogP contribution in [-0.4, -0.2) is 16.9 Å². The smallest absolute Gasteiger partial charge is 0.224 e. The summed E-state index contributed by atoms with van der Waals surface area (Å²) in [6, 6.07) is 17.0. The number of allylic oxidation sites excluding steroid dienone is 2. The largest absolute Gasteiger partial charge is 0.508 e. The fourth-order valence-electron chi connectivity index (χ4n) is 8.54. The molecule has 3 aliphatic carbocycles. The molecule has 2 aromatic rings. The molecule has 2 saturated carbocycles. The third-order valence-corrected chi connectivity index (χ3v) is 10.6. The van der Waals surface area contributed by atoms with Gasteiger partial charge in [-0.2, -0.15) is 0 Å². The molecule has 0 spiro atoms. The molecule has 0 bridgehead atoms. The van der Waals surface area contributed by atoms with Crippen molar-refractivity contribution in [3.63, 3.8) is 0 Å². The fraction of sp³-hybridized carbons (Fsp3) is 0.500. The second-order valence-corrected chi connectivity index (χ2v) is 12.3. The number of carbonyl (C=O) groups excluding carboxylic acids is 2. The van der Waals surface area contributed by atoms with Crippen molar-refractivity contribution in [2.45, 2.75) is 64.8 Å².